The van der Waals surface area contributed by atoms with E-state index in [4.69, 9.17) is 9.97 Å². The fourth-order valence-electron chi connectivity index (χ4n) is 10.6. The topological polar surface area (TPSA) is 30.7 Å². The van der Waals surface area contributed by atoms with Crippen LogP contribution in [0.15, 0.2) is 259 Å². The summed E-state index contributed by atoms with van der Waals surface area (Å²) in [5.41, 5.74) is 5.36. The molecule has 0 fully saturated rings. The molecule has 1 aliphatic heterocycles. The molecular weight excluding hydrogens is 827 g/mol. The molecule has 0 amide bonds. The third kappa shape index (κ3) is 5.87. The highest BCUT2D eigenvalue weighted by Gasteiger charge is 2.49. The summed E-state index contributed by atoms with van der Waals surface area (Å²) in [5.74, 6) is 0. The molecule has 11 aromatic rings. The molecule has 3 nitrogen and oxygen atoms in total. The summed E-state index contributed by atoms with van der Waals surface area (Å²) >= 11 is 1.90. The number of hydrogen-bond acceptors (Lipinski definition) is 3. The van der Waals surface area contributed by atoms with Crippen molar-refractivity contribution in [2.45, 2.75) is 9.79 Å². The fraction of sp³-hybridized carbons (Fsp3) is 0. The normalized spacial score (nSPS) is 13.1. The van der Waals surface area contributed by atoms with E-state index in [1.807, 2.05) is 30.2 Å². The van der Waals surface area contributed by atoms with Gasteiger partial charge in [0.25, 0.3) is 0 Å². The zero-order valence-corrected chi connectivity index (χ0v) is 37.7. The van der Waals surface area contributed by atoms with Gasteiger partial charge in [0.05, 0.1) is 11.2 Å². The Morgan fingerprint density at radius 1 is 0.422 bits per heavy atom. The van der Waals surface area contributed by atoms with Gasteiger partial charge in [-0.15, -0.1) is 0 Å². The third-order valence-corrected chi connectivity index (χ3v) is 24.3. The Kier molecular flexibility index (Phi) is 9.44. The smallest absolute Gasteiger partial charge is 0.184 e. The number of hydrogen-bond donors (Lipinski definition) is 0. The summed E-state index contributed by atoms with van der Waals surface area (Å²) in [5, 5.41) is 13.2. The van der Waals surface area contributed by atoms with Crippen LogP contribution in [-0.2, 0) is 0 Å². The molecule has 4 heterocycles. The molecule has 0 unspecified atom stereocenters. The van der Waals surface area contributed by atoms with Gasteiger partial charge in [-0.05, 0) is 90.0 Å². The second-order valence-corrected chi connectivity index (χ2v) is 25.0. The Balaban J connectivity index is 1.21. The number of fused-ring (bicyclic) bond motifs is 6. The van der Waals surface area contributed by atoms with Gasteiger partial charge in [-0.25, -0.2) is 4.98 Å². The second-order valence-electron chi connectivity index (χ2n) is 16.5. The first-order valence-electron chi connectivity index (χ1n) is 21.8. The van der Waals surface area contributed by atoms with E-state index in [1.165, 1.54) is 62.2 Å². The third-order valence-electron chi connectivity index (χ3n) is 13.2. The van der Waals surface area contributed by atoms with Crippen molar-refractivity contribution in [1.82, 2.24) is 14.5 Å². The van der Waals surface area contributed by atoms with Crippen molar-refractivity contribution in [2.75, 3.05) is 0 Å². The zero-order valence-electron chi connectivity index (χ0n) is 34.9. The van der Waals surface area contributed by atoms with Gasteiger partial charge in [0.1, 0.15) is 5.65 Å². The first-order chi connectivity index (χ1) is 31.8. The number of benzene rings is 8. The molecule has 64 heavy (non-hydrogen) atoms. The van der Waals surface area contributed by atoms with Crippen molar-refractivity contribution < 1.29 is 0 Å². The Hall–Kier alpha value is -7.36. The van der Waals surface area contributed by atoms with Gasteiger partial charge < -0.3 is 0 Å². The van der Waals surface area contributed by atoms with Gasteiger partial charge in [0, 0.05) is 44.2 Å². The van der Waals surface area contributed by atoms with Gasteiger partial charge in [-0.3, -0.25) is 9.55 Å². The lowest BCUT2D eigenvalue weighted by atomic mass is 10.1. The van der Waals surface area contributed by atoms with Gasteiger partial charge in [-0.2, -0.15) is 0 Å². The molecule has 1 aliphatic rings. The van der Waals surface area contributed by atoms with Crippen molar-refractivity contribution in [1.29, 1.82) is 0 Å². The lowest BCUT2D eigenvalue weighted by Crippen LogP contribution is -2.76. The molecule has 3 aromatic heterocycles. The van der Waals surface area contributed by atoms with Crippen LogP contribution in [0, 0.1) is 0 Å². The molecule has 0 aliphatic carbocycles. The highest BCUT2D eigenvalue weighted by molar-refractivity contribution is 8.00. The molecule has 0 bridgehead atoms. The SMILES string of the molecule is c1ccc([Si](c2ccccc2)(c2cccc(-c3ccccn3)c2)c2cccc(-n3c4ncccc4c4ccc5c(c43)[Si](c3ccccc3)(c3ccccc3)c3ccccc3S5)c2)cc1. The van der Waals surface area contributed by atoms with Crippen LogP contribution in [-0.4, -0.2) is 30.7 Å². The maximum atomic E-state index is 5.27. The standard InChI is InChI=1S/C58H41N3SSi2/c1-5-22-44(23-6-1)63(45-24-7-2-8-25-45,48-30-17-20-42(40-48)52-33-15-16-38-59-52)49-31-18-21-43(41-49)61-56-50(51-32-19-39-60-58(51)61)36-37-54-57(56)64(46-26-9-3-10-27-46,47-28-11-4-12-29-47)55-35-14-13-34-53(55)62-54/h1-41H. The molecule has 0 radical (unpaired) electrons. The Labute approximate surface area is 379 Å². The van der Waals surface area contributed by atoms with Gasteiger partial charge >= 0.3 is 0 Å². The maximum absolute atomic E-state index is 5.27. The predicted octanol–water partition coefficient (Wildman–Crippen LogP) is 8.46. The van der Waals surface area contributed by atoms with Crippen molar-refractivity contribution in [3.05, 3.63) is 249 Å². The number of nitrogens with zero attached hydrogens (tertiary/aromatic N) is 3. The van der Waals surface area contributed by atoms with Crippen LogP contribution in [0.1, 0.15) is 0 Å². The van der Waals surface area contributed by atoms with E-state index < -0.39 is 16.1 Å². The summed E-state index contributed by atoms with van der Waals surface area (Å²) in [6.07, 6.45) is 3.83. The highest BCUT2D eigenvalue weighted by atomic mass is 32.2. The molecule has 0 saturated carbocycles. The summed E-state index contributed by atoms with van der Waals surface area (Å²) < 4.78 is 2.51. The van der Waals surface area contributed by atoms with Crippen LogP contribution in [0.4, 0.5) is 0 Å². The molecule has 0 saturated heterocycles. The Morgan fingerprint density at radius 3 is 1.70 bits per heavy atom. The van der Waals surface area contributed by atoms with Crippen molar-refractivity contribution in [3.63, 3.8) is 0 Å². The minimum Gasteiger partial charge on any atom is -0.294 e. The van der Waals surface area contributed by atoms with E-state index >= 15 is 0 Å². The average Bonchev–Trinajstić information content (AvgIpc) is 3.72. The Morgan fingerprint density at radius 2 is 1.02 bits per heavy atom. The largest absolute Gasteiger partial charge is 0.294 e. The molecular formula is C58H41N3SSi2. The van der Waals surface area contributed by atoms with E-state index in [2.05, 4.69) is 235 Å². The second kappa shape index (κ2) is 15.8. The minimum atomic E-state index is -3.01. The van der Waals surface area contributed by atoms with Crippen LogP contribution in [0.3, 0.4) is 0 Å². The van der Waals surface area contributed by atoms with E-state index in [0.717, 1.165) is 28.0 Å². The fourth-order valence-corrected chi connectivity index (χ4v) is 22.5. The predicted molar refractivity (Wildman–Crippen MR) is 273 cm³/mol. The Bertz CT molecular complexity index is 3390. The van der Waals surface area contributed by atoms with E-state index in [0.29, 0.717) is 0 Å². The zero-order chi connectivity index (χ0) is 42.5. The summed E-state index contributed by atoms with van der Waals surface area (Å²) in [6.45, 7) is 0. The molecule has 302 valence electrons. The van der Waals surface area contributed by atoms with E-state index in [1.54, 1.807) is 0 Å². The molecule has 0 atom stereocenters. The number of rotatable bonds is 8. The first-order valence-corrected chi connectivity index (χ1v) is 26.6. The van der Waals surface area contributed by atoms with Crippen LogP contribution < -0.4 is 41.5 Å². The van der Waals surface area contributed by atoms with Crippen LogP contribution in [0.5, 0.6) is 0 Å². The molecule has 6 heteroatoms. The average molecular weight is 868 g/mol. The molecule has 8 aromatic carbocycles. The monoisotopic (exact) mass is 867 g/mol. The summed E-state index contributed by atoms with van der Waals surface area (Å²) in [4.78, 5) is 12.7. The lowest BCUT2D eigenvalue weighted by Gasteiger charge is -2.40. The molecule has 0 N–H and O–H groups in total. The molecule has 0 spiro atoms. The lowest BCUT2D eigenvalue weighted by molar-refractivity contribution is 1.14. The van der Waals surface area contributed by atoms with E-state index in [-0.39, 0.29) is 0 Å². The quantitative estimate of drug-likeness (QED) is 0.114. The van der Waals surface area contributed by atoms with Gasteiger partial charge in [0.2, 0.25) is 0 Å². The summed E-state index contributed by atoms with van der Waals surface area (Å²) in [6, 6.07) is 88.1. The van der Waals surface area contributed by atoms with Gasteiger partial charge in [-0.1, -0.05) is 200 Å². The first kappa shape index (κ1) is 38.3. The van der Waals surface area contributed by atoms with Crippen molar-refractivity contribution in [3.8, 4) is 16.9 Å². The van der Waals surface area contributed by atoms with E-state index in [9.17, 15) is 0 Å². The maximum Gasteiger partial charge on any atom is 0.184 e. The van der Waals surface area contributed by atoms with Crippen LogP contribution in [0.2, 0.25) is 0 Å². The number of aromatic nitrogens is 3. The summed E-state index contributed by atoms with van der Waals surface area (Å²) in [7, 11) is -5.99. The minimum absolute atomic E-state index is 0.958. The highest BCUT2D eigenvalue weighted by Crippen LogP contribution is 2.39. The van der Waals surface area contributed by atoms with Crippen molar-refractivity contribution >= 4 is 91.3 Å². The van der Waals surface area contributed by atoms with Crippen LogP contribution >= 0.6 is 11.8 Å². The van der Waals surface area contributed by atoms with Gasteiger partial charge in [0.15, 0.2) is 16.1 Å². The molecule has 12 rings (SSSR count). The van der Waals surface area contributed by atoms with Crippen molar-refractivity contribution in [2.24, 2.45) is 0 Å². The van der Waals surface area contributed by atoms with Crippen LogP contribution in [0.25, 0.3) is 38.9 Å². The number of pyridine rings is 2.